The highest BCUT2D eigenvalue weighted by molar-refractivity contribution is 5.85. The summed E-state index contributed by atoms with van der Waals surface area (Å²) in [5.41, 5.74) is 0.600. The van der Waals surface area contributed by atoms with Gasteiger partial charge in [-0.25, -0.2) is 4.39 Å². The van der Waals surface area contributed by atoms with Gasteiger partial charge in [0, 0.05) is 25.1 Å². The Morgan fingerprint density at radius 2 is 2.14 bits per heavy atom. The van der Waals surface area contributed by atoms with Crippen LogP contribution in [0.5, 0.6) is 0 Å². The predicted octanol–water partition coefficient (Wildman–Crippen LogP) is 2.88. The molecule has 21 heavy (non-hydrogen) atoms. The van der Waals surface area contributed by atoms with Crippen molar-refractivity contribution < 1.29 is 19.0 Å². The molecule has 0 bridgehead atoms. The number of carboxylic acids is 1. The Morgan fingerprint density at radius 1 is 1.38 bits per heavy atom. The molecule has 118 valence electrons. The highest BCUT2D eigenvalue weighted by Crippen LogP contribution is 2.24. The van der Waals surface area contributed by atoms with Gasteiger partial charge in [0.2, 0.25) is 0 Å². The van der Waals surface area contributed by atoms with Crippen molar-refractivity contribution in [3.63, 3.8) is 0 Å². The molecule has 4 nitrogen and oxygen atoms in total. The minimum Gasteiger partial charge on any atom is -0.481 e. The number of aliphatic carboxylic acids is 1. The molecule has 1 atom stereocenters. The third kappa shape index (κ3) is 5.61. The number of hydrogen-bond acceptors (Lipinski definition) is 3. The molecule has 0 aliphatic carbocycles. The number of hydrogen-bond donors (Lipinski definition) is 1. The average molecular weight is 318 g/mol. The first-order chi connectivity index (χ1) is 9.66. The molecular formula is C15H21ClFNO3. The van der Waals surface area contributed by atoms with Crippen LogP contribution in [0.25, 0.3) is 0 Å². The molecule has 0 amide bonds. The SMILES string of the molecule is Cl.O=C(O)CCCCN1CCOC(c2ccccc2F)C1. The lowest BCUT2D eigenvalue weighted by atomic mass is 10.1. The van der Waals surface area contributed by atoms with E-state index in [0.29, 0.717) is 25.1 Å². The second-order valence-electron chi connectivity index (χ2n) is 5.03. The summed E-state index contributed by atoms with van der Waals surface area (Å²) in [6.07, 6.45) is 1.50. The van der Waals surface area contributed by atoms with Gasteiger partial charge in [0.15, 0.2) is 0 Å². The fraction of sp³-hybridized carbons (Fsp3) is 0.533. The van der Waals surface area contributed by atoms with E-state index in [1.807, 2.05) is 6.07 Å². The number of morpholine rings is 1. The van der Waals surface area contributed by atoms with Crippen LogP contribution in [0.3, 0.4) is 0 Å². The van der Waals surface area contributed by atoms with Gasteiger partial charge in [-0.1, -0.05) is 18.2 Å². The van der Waals surface area contributed by atoms with Crippen LogP contribution in [0.1, 0.15) is 30.9 Å². The molecule has 2 rings (SSSR count). The van der Waals surface area contributed by atoms with Crippen LogP contribution in [0.15, 0.2) is 24.3 Å². The Balaban J connectivity index is 0.00000220. The molecule has 1 aromatic carbocycles. The number of benzene rings is 1. The Labute approximate surface area is 130 Å². The Bertz CT molecular complexity index is 458. The van der Waals surface area contributed by atoms with E-state index in [1.54, 1.807) is 12.1 Å². The molecule has 6 heteroatoms. The number of carbonyl (C=O) groups is 1. The van der Waals surface area contributed by atoms with Gasteiger partial charge in [0.25, 0.3) is 0 Å². The highest BCUT2D eigenvalue weighted by atomic mass is 35.5. The van der Waals surface area contributed by atoms with Crippen molar-refractivity contribution in [2.45, 2.75) is 25.4 Å². The largest absolute Gasteiger partial charge is 0.481 e. The van der Waals surface area contributed by atoms with Gasteiger partial charge < -0.3 is 9.84 Å². The molecule has 1 saturated heterocycles. The van der Waals surface area contributed by atoms with E-state index in [0.717, 1.165) is 19.5 Å². The van der Waals surface area contributed by atoms with Gasteiger partial charge in [0.05, 0.1) is 12.7 Å². The van der Waals surface area contributed by atoms with E-state index in [9.17, 15) is 9.18 Å². The number of halogens is 2. The number of unbranched alkanes of at least 4 members (excludes halogenated alkanes) is 1. The summed E-state index contributed by atoms with van der Waals surface area (Å²) in [7, 11) is 0. The minimum atomic E-state index is -0.754. The van der Waals surface area contributed by atoms with E-state index in [-0.39, 0.29) is 30.7 Å². The summed E-state index contributed by atoms with van der Waals surface area (Å²) < 4.78 is 19.4. The van der Waals surface area contributed by atoms with Crippen LogP contribution in [0.4, 0.5) is 4.39 Å². The average Bonchev–Trinajstić information content (AvgIpc) is 2.44. The molecule has 1 N–H and O–H groups in total. The molecular weight excluding hydrogens is 297 g/mol. The van der Waals surface area contributed by atoms with Gasteiger partial charge in [-0.05, 0) is 25.5 Å². The van der Waals surface area contributed by atoms with Crippen molar-refractivity contribution in [2.24, 2.45) is 0 Å². The molecule has 0 aromatic heterocycles. The lowest BCUT2D eigenvalue weighted by Crippen LogP contribution is -2.39. The lowest BCUT2D eigenvalue weighted by Gasteiger charge is -2.33. The number of nitrogens with zero attached hydrogens (tertiary/aromatic N) is 1. The van der Waals surface area contributed by atoms with Crippen LogP contribution >= 0.6 is 12.4 Å². The van der Waals surface area contributed by atoms with E-state index < -0.39 is 5.97 Å². The lowest BCUT2D eigenvalue weighted by molar-refractivity contribution is -0.137. The summed E-state index contributed by atoms with van der Waals surface area (Å²) in [6.45, 7) is 2.89. The Kier molecular flexibility index (Phi) is 7.64. The molecule has 1 aliphatic heterocycles. The van der Waals surface area contributed by atoms with E-state index in [4.69, 9.17) is 9.84 Å². The first-order valence-electron chi connectivity index (χ1n) is 6.97. The molecule has 1 aliphatic rings. The zero-order valence-electron chi connectivity index (χ0n) is 11.8. The summed E-state index contributed by atoms with van der Waals surface area (Å²) in [5, 5.41) is 8.60. The van der Waals surface area contributed by atoms with Crippen LogP contribution in [-0.2, 0) is 9.53 Å². The number of ether oxygens (including phenoxy) is 1. The van der Waals surface area contributed by atoms with Crippen LogP contribution in [0, 0.1) is 5.82 Å². The van der Waals surface area contributed by atoms with Gasteiger partial charge in [-0.15, -0.1) is 12.4 Å². The monoisotopic (exact) mass is 317 g/mol. The van der Waals surface area contributed by atoms with Gasteiger partial charge >= 0.3 is 5.97 Å². The zero-order valence-corrected chi connectivity index (χ0v) is 12.7. The van der Waals surface area contributed by atoms with E-state index >= 15 is 0 Å². The summed E-state index contributed by atoms with van der Waals surface area (Å²) >= 11 is 0. The molecule has 0 saturated carbocycles. The van der Waals surface area contributed by atoms with Crippen molar-refractivity contribution in [3.8, 4) is 0 Å². The number of carboxylic acid groups (broad SMARTS) is 1. The second-order valence-corrected chi connectivity index (χ2v) is 5.03. The standard InChI is InChI=1S/C15H20FNO3.ClH/c16-13-6-2-1-5-12(13)14-11-17(9-10-20-14)8-4-3-7-15(18)19;/h1-2,5-6,14H,3-4,7-11H2,(H,18,19);1H. The maximum absolute atomic E-state index is 13.7. The van der Waals surface area contributed by atoms with Crippen molar-refractivity contribution in [3.05, 3.63) is 35.6 Å². The quantitative estimate of drug-likeness (QED) is 0.820. The molecule has 1 unspecified atom stereocenters. The van der Waals surface area contributed by atoms with Gasteiger partial charge in [-0.3, -0.25) is 9.69 Å². The molecule has 1 aromatic rings. The summed E-state index contributed by atoms with van der Waals surface area (Å²) in [5.74, 6) is -0.985. The van der Waals surface area contributed by atoms with Crippen molar-refractivity contribution in [1.29, 1.82) is 0 Å². The van der Waals surface area contributed by atoms with Gasteiger partial charge in [-0.2, -0.15) is 0 Å². The molecule has 1 heterocycles. The van der Waals surface area contributed by atoms with Crippen LogP contribution < -0.4 is 0 Å². The Morgan fingerprint density at radius 3 is 2.86 bits per heavy atom. The third-order valence-corrected chi connectivity index (χ3v) is 3.52. The van der Waals surface area contributed by atoms with Crippen molar-refractivity contribution >= 4 is 18.4 Å². The smallest absolute Gasteiger partial charge is 0.303 e. The maximum atomic E-state index is 13.7. The fourth-order valence-corrected chi connectivity index (χ4v) is 2.44. The van der Waals surface area contributed by atoms with E-state index in [1.165, 1.54) is 6.07 Å². The minimum absolute atomic E-state index is 0. The van der Waals surface area contributed by atoms with Crippen molar-refractivity contribution in [1.82, 2.24) is 4.90 Å². The van der Waals surface area contributed by atoms with Crippen molar-refractivity contribution in [2.75, 3.05) is 26.2 Å². The van der Waals surface area contributed by atoms with Crippen LogP contribution in [0.2, 0.25) is 0 Å². The van der Waals surface area contributed by atoms with E-state index in [2.05, 4.69) is 4.90 Å². The molecule has 0 spiro atoms. The first-order valence-corrected chi connectivity index (χ1v) is 6.97. The second kappa shape index (κ2) is 8.97. The topological polar surface area (TPSA) is 49.8 Å². The normalized spacial score (nSPS) is 19.0. The first kappa shape index (κ1) is 17.9. The Hall–Kier alpha value is -1.17. The third-order valence-electron chi connectivity index (χ3n) is 3.52. The molecule has 0 radical (unpaired) electrons. The predicted molar refractivity (Wildman–Crippen MR) is 80.3 cm³/mol. The summed E-state index contributed by atoms with van der Waals surface area (Å²) in [4.78, 5) is 12.7. The maximum Gasteiger partial charge on any atom is 0.303 e. The highest BCUT2D eigenvalue weighted by Gasteiger charge is 2.23. The number of rotatable bonds is 6. The zero-order chi connectivity index (χ0) is 14.4. The van der Waals surface area contributed by atoms with Crippen LogP contribution in [-0.4, -0.2) is 42.2 Å². The fourth-order valence-electron chi connectivity index (χ4n) is 2.44. The van der Waals surface area contributed by atoms with Gasteiger partial charge in [0.1, 0.15) is 5.82 Å². The summed E-state index contributed by atoms with van der Waals surface area (Å²) in [6, 6.07) is 6.69. The molecule has 1 fully saturated rings.